The van der Waals surface area contributed by atoms with Crippen LogP contribution in [0.15, 0.2) is 60.8 Å². The smallest absolute Gasteiger partial charge is 0.346 e. The van der Waals surface area contributed by atoms with E-state index in [4.69, 9.17) is 0 Å². The molecule has 7 nitrogen and oxygen atoms in total. The van der Waals surface area contributed by atoms with E-state index in [0.717, 1.165) is 28.1 Å². The first-order valence-electron chi connectivity index (χ1n) is 11.0. The maximum absolute atomic E-state index is 13.9. The van der Waals surface area contributed by atoms with Crippen LogP contribution in [-0.2, 0) is 19.3 Å². The Labute approximate surface area is 198 Å². The van der Waals surface area contributed by atoms with Crippen LogP contribution in [0.25, 0.3) is 27.7 Å². The van der Waals surface area contributed by atoms with E-state index in [1.807, 2.05) is 50.4 Å². The largest absolute Gasteiger partial charge is 0.433 e. The van der Waals surface area contributed by atoms with Gasteiger partial charge in [0.1, 0.15) is 0 Å². The van der Waals surface area contributed by atoms with Crippen molar-refractivity contribution in [2.75, 3.05) is 0 Å². The van der Waals surface area contributed by atoms with Crippen molar-refractivity contribution in [3.05, 3.63) is 83.4 Å². The number of amides is 1. The van der Waals surface area contributed by atoms with Crippen LogP contribution in [-0.4, -0.2) is 30.3 Å². The number of nitrogens with zero attached hydrogens (tertiary/aromatic N) is 5. The Kier molecular flexibility index (Phi) is 5.50. The van der Waals surface area contributed by atoms with Gasteiger partial charge in [0.05, 0.1) is 11.4 Å². The number of carbonyl (C=O) groups excluding carboxylic acids is 1. The molecule has 5 aromatic rings. The summed E-state index contributed by atoms with van der Waals surface area (Å²) >= 11 is 0. The van der Waals surface area contributed by atoms with Crippen LogP contribution in [0.1, 0.15) is 34.4 Å². The Bertz CT molecular complexity index is 1570. The van der Waals surface area contributed by atoms with E-state index in [0.29, 0.717) is 16.6 Å². The molecule has 10 heteroatoms. The van der Waals surface area contributed by atoms with Crippen LogP contribution in [0, 0.1) is 6.92 Å². The average molecular weight is 478 g/mol. The molecule has 1 amide bonds. The highest BCUT2D eigenvalue weighted by Crippen LogP contribution is 2.33. The van der Waals surface area contributed by atoms with Gasteiger partial charge in [0, 0.05) is 36.5 Å². The molecule has 5 rings (SSSR count). The molecule has 0 radical (unpaired) electrons. The summed E-state index contributed by atoms with van der Waals surface area (Å²) in [4.78, 5) is 17.1. The molecule has 0 aliphatic carbocycles. The summed E-state index contributed by atoms with van der Waals surface area (Å²) < 4.78 is 44.2. The van der Waals surface area contributed by atoms with Crippen LogP contribution in [0.3, 0.4) is 0 Å². The van der Waals surface area contributed by atoms with Crippen molar-refractivity contribution < 1.29 is 18.0 Å². The number of rotatable bonds is 5. The third-order valence-electron chi connectivity index (χ3n) is 5.81. The minimum absolute atomic E-state index is 0.0666. The highest BCUT2D eigenvalue weighted by molar-refractivity contribution is 5.93. The minimum Gasteiger partial charge on any atom is -0.346 e. The molecule has 0 aliphatic rings. The van der Waals surface area contributed by atoms with Crippen molar-refractivity contribution in [3.8, 4) is 11.3 Å². The summed E-state index contributed by atoms with van der Waals surface area (Å²) in [7, 11) is 0. The molecule has 0 aliphatic heterocycles. The minimum atomic E-state index is -4.70. The van der Waals surface area contributed by atoms with Gasteiger partial charge in [0.15, 0.2) is 17.0 Å². The summed E-state index contributed by atoms with van der Waals surface area (Å²) in [5.41, 5.74) is 1.03. The molecule has 1 N–H and O–H groups in total. The number of halogens is 3. The summed E-state index contributed by atoms with van der Waals surface area (Å²) in [6.45, 7) is 4.64. The van der Waals surface area contributed by atoms with Gasteiger partial charge in [-0.3, -0.25) is 9.48 Å². The molecule has 0 spiro atoms. The number of benzene rings is 2. The molecule has 0 atom stereocenters. The second kappa shape index (κ2) is 8.53. The molecule has 0 bridgehead atoms. The SMILES string of the molecule is CCn1cc(CNC(=O)c2cc3nc(-c4ccc5ccccc5c4)cc(C(F)(F)F)n3n2)c(C)n1. The Morgan fingerprint density at radius 3 is 2.51 bits per heavy atom. The summed E-state index contributed by atoms with van der Waals surface area (Å²) in [5.74, 6) is -0.598. The summed E-state index contributed by atoms with van der Waals surface area (Å²) in [5, 5.41) is 12.8. The predicted octanol–water partition coefficient (Wildman–Crippen LogP) is 5.02. The first-order valence-corrected chi connectivity index (χ1v) is 11.0. The number of aromatic nitrogens is 5. The third-order valence-corrected chi connectivity index (χ3v) is 5.81. The van der Waals surface area contributed by atoms with Crippen molar-refractivity contribution in [1.29, 1.82) is 0 Å². The van der Waals surface area contributed by atoms with E-state index >= 15 is 0 Å². The first kappa shape index (κ1) is 22.6. The Morgan fingerprint density at radius 2 is 1.80 bits per heavy atom. The van der Waals surface area contributed by atoms with Crippen LogP contribution in [0.5, 0.6) is 0 Å². The number of aryl methyl sites for hydroxylation is 2. The zero-order chi connectivity index (χ0) is 24.7. The van der Waals surface area contributed by atoms with E-state index in [-0.39, 0.29) is 23.6 Å². The molecule has 0 fully saturated rings. The van der Waals surface area contributed by atoms with E-state index in [1.165, 1.54) is 6.07 Å². The van der Waals surface area contributed by atoms with E-state index in [9.17, 15) is 18.0 Å². The number of nitrogens with one attached hydrogen (secondary N) is 1. The number of alkyl halides is 3. The van der Waals surface area contributed by atoms with Gasteiger partial charge in [0.2, 0.25) is 0 Å². The standard InChI is InChI=1S/C25H21F3N6O/c1-3-33-14-19(15(2)31-33)13-29-24(35)21-12-23-30-20(11-22(25(26,27)28)34(23)32-21)18-9-8-16-6-4-5-7-17(16)10-18/h4-12,14H,3,13H2,1-2H3,(H,29,35). The molecule has 0 saturated heterocycles. The van der Waals surface area contributed by atoms with Gasteiger partial charge in [-0.1, -0.05) is 36.4 Å². The van der Waals surface area contributed by atoms with Gasteiger partial charge in [0.25, 0.3) is 5.91 Å². The lowest BCUT2D eigenvalue weighted by molar-refractivity contribution is -0.142. The molecular formula is C25H21F3N6O. The van der Waals surface area contributed by atoms with Crippen LogP contribution in [0.4, 0.5) is 13.2 Å². The number of hydrogen-bond donors (Lipinski definition) is 1. The van der Waals surface area contributed by atoms with Gasteiger partial charge in [-0.25, -0.2) is 9.50 Å². The zero-order valence-corrected chi connectivity index (χ0v) is 19.0. The number of hydrogen-bond acceptors (Lipinski definition) is 4. The van der Waals surface area contributed by atoms with Crippen molar-refractivity contribution in [1.82, 2.24) is 29.7 Å². The van der Waals surface area contributed by atoms with Gasteiger partial charge >= 0.3 is 6.18 Å². The van der Waals surface area contributed by atoms with Crippen molar-refractivity contribution in [3.63, 3.8) is 0 Å². The van der Waals surface area contributed by atoms with Gasteiger partial charge in [-0.05, 0) is 36.8 Å². The van der Waals surface area contributed by atoms with E-state index < -0.39 is 17.8 Å². The molecule has 2 aromatic carbocycles. The fourth-order valence-corrected chi connectivity index (χ4v) is 3.94. The Balaban J connectivity index is 1.51. The second-order valence-corrected chi connectivity index (χ2v) is 8.16. The Hall–Kier alpha value is -4.21. The summed E-state index contributed by atoms with van der Waals surface area (Å²) in [6.07, 6.45) is -2.88. The first-order chi connectivity index (χ1) is 16.7. The molecule has 0 unspecified atom stereocenters. The highest BCUT2D eigenvalue weighted by Gasteiger charge is 2.35. The lowest BCUT2D eigenvalue weighted by Crippen LogP contribution is -2.23. The number of carbonyl (C=O) groups is 1. The lowest BCUT2D eigenvalue weighted by Gasteiger charge is -2.11. The molecule has 35 heavy (non-hydrogen) atoms. The Morgan fingerprint density at radius 1 is 1.03 bits per heavy atom. The van der Waals surface area contributed by atoms with Gasteiger partial charge in [-0.2, -0.15) is 23.4 Å². The monoisotopic (exact) mass is 478 g/mol. The fourth-order valence-electron chi connectivity index (χ4n) is 3.94. The molecule has 3 heterocycles. The number of fused-ring (bicyclic) bond motifs is 2. The topological polar surface area (TPSA) is 77.1 Å². The molecular weight excluding hydrogens is 457 g/mol. The molecule has 3 aromatic heterocycles. The summed E-state index contributed by atoms with van der Waals surface area (Å²) in [6, 6.07) is 15.1. The molecule has 0 saturated carbocycles. The van der Waals surface area contributed by atoms with Gasteiger partial charge in [-0.15, -0.1) is 0 Å². The van der Waals surface area contributed by atoms with Crippen molar-refractivity contribution >= 4 is 22.3 Å². The average Bonchev–Trinajstić information content (AvgIpc) is 3.44. The lowest BCUT2D eigenvalue weighted by atomic mass is 10.0. The molecule has 178 valence electrons. The maximum Gasteiger partial charge on any atom is 0.433 e. The normalized spacial score (nSPS) is 11.9. The van der Waals surface area contributed by atoms with Crippen LogP contribution >= 0.6 is 0 Å². The van der Waals surface area contributed by atoms with E-state index in [1.54, 1.807) is 16.8 Å². The second-order valence-electron chi connectivity index (χ2n) is 8.16. The fraction of sp³-hybridized carbons (Fsp3) is 0.200. The highest BCUT2D eigenvalue weighted by atomic mass is 19.4. The van der Waals surface area contributed by atoms with Gasteiger partial charge < -0.3 is 5.32 Å². The van der Waals surface area contributed by atoms with E-state index in [2.05, 4.69) is 20.5 Å². The third kappa shape index (κ3) is 4.34. The van der Waals surface area contributed by atoms with Crippen molar-refractivity contribution in [2.45, 2.75) is 33.1 Å². The maximum atomic E-state index is 13.9. The quantitative estimate of drug-likeness (QED) is 0.385. The van der Waals surface area contributed by atoms with Crippen LogP contribution in [0.2, 0.25) is 0 Å². The zero-order valence-electron chi connectivity index (χ0n) is 19.0. The van der Waals surface area contributed by atoms with Crippen molar-refractivity contribution in [2.24, 2.45) is 0 Å². The predicted molar refractivity (Wildman–Crippen MR) is 125 cm³/mol. The van der Waals surface area contributed by atoms with Crippen LogP contribution < -0.4 is 5.32 Å².